The van der Waals surface area contributed by atoms with Crippen LogP contribution in [0.15, 0.2) is 12.4 Å². The minimum atomic E-state index is -0.205. The van der Waals surface area contributed by atoms with Crippen molar-refractivity contribution in [2.75, 3.05) is 33.4 Å². The second kappa shape index (κ2) is 8.06. The lowest BCUT2D eigenvalue weighted by Gasteiger charge is -2.31. The smallest absolute Gasteiger partial charge is 0.229 e. The molecule has 142 valence electrons. The topological polar surface area (TPSA) is 59.4 Å². The van der Waals surface area contributed by atoms with Crippen molar-refractivity contribution in [3.63, 3.8) is 0 Å². The number of rotatable bonds is 7. The molecule has 0 bridgehead atoms. The predicted octanol–water partition coefficient (Wildman–Crippen LogP) is 2.08. The molecule has 1 N–H and O–H groups in total. The van der Waals surface area contributed by atoms with Gasteiger partial charge in [0.1, 0.15) is 0 Å². The summed E-state index contributed by atoms with van der Waals surface area (Å²) < 4.78 is 7.14. The molecule has 2 fully saturated rings. The maximum absolute atomic E-state index is 13.3. The van der Waals surface area contributed by atoms with Gasteiger partial charge in [0.05, 0.1) is 18.2 Å². The highest BCUT2D eigenvalue weighted by molar-refractivity contribution is 5.87. The van der Waals surface area contributed by atoms with E-state index in [0.717, 1.165) is 44.5 Å². The van der Waals surface area contributed by atoms with Crippen LogP contribution in [-0.4, -0.2) is 53.9 Å². The third kappa shape index (κ3) is 3.86. The lowest BCUT2D eigenvalue weighted by molar-refractivity contribution is -0.139. The van der Waals surface area contributed by atoms with Crippen LogP contribution >= 0.6 is 12.4 Å². The van der Waals surface area contributed by atoms with Crippen LogP contribution < -0.4 is 5.32 Å². The Morgan fingerprint density at radius 1 is 1.44 bits per heavy atom. The van der Waals surface area contributed by atoms with Crippen LogP contribution in [0.5, 0.6) is 0 Å². The van der Waals surface area contributed by atoms with E-state index in [0.29, 0.717) is 19.7 Å². The van der Waals surface area contributed by atoms with Gasteiger partial charge < -0.3 is 15.0 Å². The second-order valence-electron chi connectivity index (χ2n) is 7.46. The maximum atomic E-state index is 13.3. The first-order valence-corrected chi connectivity index (χ1v) is 9.05. The molecule has 2 aliphatic rings. The summed E-state index contributed by atoms with van der Waals surface area (Å²) in [6.45, 7) is 8.96. The van der Waals surface area contributed by atoms with Gasteiger partial charge in [-0.15, -0.1) is 12.4 Å². The molecule has 3 rings (SSSR count). The Bertz CT molecular complexity index is 585. The normalized spacial score (nSPS) is 24.0. The Balaban J connectivity index is 0.00000225. The molecule has 0 radical (unpaired) electrons. The van der Waals surface area contributed by atoms with E-state index in [9.17, 15) is 4.79 Å². The molecule has 1 aliphatic carbocycles. The lowest BCUT2D eigenvalue weighted by atomic mass is 9.85. The number of halogens is 1. The van der Waals surface area contributed by atoms with E-state index in [1.54, 1.807) is 7.11 Å². The van der Waals surface area contributed by atoms with Crippen LogP contribution in [0.4, 0.5) is 0 Å². The van der Waals surface area contributed by atoms with Crippen LogP contribution in [0.3, 0.4) is 0 Å². The van der Waals surface area contributed by atoms with Crippen molar-refractivity contribution in [3.05, 3.63) is 18.0 Å². The Labute approximate surface area is 156 Å². The van der Waals surface area contributed by atoms with E-state index in [1.165, 1.54) is 0 Å². The van der Waals surface area contributed by atoms with Crippen LogP contribution in [0.2, 0.25) is 0 Å². The molecule has 7 heteroatoms. The molecule has 1 saturated carbocycles. The summed E-state index contributed by atoms with van der Waals surface area (Å²) in [6, 6.07) is 0. The van der Waals surface area contributed by atoms with Crippen LogP contribution in [-0.2, 0) is 22.6 Å². The summed E-state index contributed by atoms with van der Waals surface area (Å²) in [4.78, 5) is 15.3. The third-order valence-corrected chi connectivity index (χ3v) is 6.01. The molecule has 1 amide bonds. The van der Waals surface area contributed by atoms with E-state index in [4.69, 9.17) is 4.74 Å². The van der Waals surface area contributed by atoms with Crippen LogP contribution in [0.25, 0.3) is 0 Å². The summed E-state index contributed by atoms with van der Waals surface area (Å²) in [5, 5.41) is 7.74. The number of carbonyl (C=O) groups is 1. The molecule has 25 heavy (non-hydrogen) atoms. The Morgan fingerprint density at radius 3 is 2.76 bits per heavy atom. The van der Waals surface area contributed by atoms with E-state index in [1.807, 2.05) is 22.0 Å². The minimum Gasteiger partial charge on any atom is -0.383 e. The minimum absolute atomic E-state index is 0. The number of methoxy groups -OCH3 is 1. The number of aryl methyl sites for hydroxylation is 1. The number of ether oxygens (including phenoxy) is 1. The summed E-state index contributed by atoms with van der Waals surface area (Å²) in [5.74, 6) is 0.283. The number of nitrogens with one attached hydrogen (secondary N) is 1. The molecule has 1 aromatic rings. The Hall–Kier alpha value is -1.11. The summed E-state index contributed by atoms with van der Waals surface area (Å²) in [6.07, 6.45) is 7.15. The van der Waals surface area contributed by atoms with Gasteiger partial charge in [-0.25, -0.2) is 0 Å². The molecule has 1 spiro atoms. The maximum Gasteiger partial charge on any atom is 0.229 e. The molecule has 1 saturated heterocycles. The predicted molar refractivity (Wildman–Crippen MR) is 99.7 cm³/mol. The fourth-order valence-electron chi connectivity index (χ4n) is 4.25. The number of hydrogen-bond donors (Lipinski definition) is 1. The third-order valence-electron chi connectivity index (χ3n) is 6.01. The van der Waals surface area contributed by atoms with Gasteiger partial charge in [-0.1, -0.05) is 6.92 Å². The van der Waals surface area contributed by atoms with Crippen molar-refractivity contribution in [1.82, 2.24) is 20.0 Å². The van der Waals surface area contributed by atoms with Crippen molar-refractivity contribution < 1.29 is 9.53 Å². The summed E-state index contributed by atoms with van der Waals surface area (Å²) in [7, 11) is 1.69. The summed E-state index contributed by atoms with van der Waals surface area (Å²) in [5.41, 5.74) is 1.10. The largest absolute Gasteiger partial charge is 0.383 e. The zero-order valence-electron chi connectivity index (χ0n) is 15.6. The van der Waals surface area contributed by atoms with Gasteiger partial charge in [0.25, 0.3) is 0 Å². The molecule has 1 unspecified atom stereocenters. The van der Waals surface area contributed by atoms with Gasteiger partial charge in [0.15, 0.2) is 0 Å². The fourth-order valence-corrected chi connectivity index (χ4v) is 4.25. The lowest BCUT2D eigenvalue weighted by Crippen LogP contribution is -2.42. The zero-order valence-corrected chi connectivity index (χ0v) is 16.4. The van der Waals surface area contributed by atoms with Gasteiger partial charge in [0.2, 0.25) is 5.91 Å². The second-order valence-corrected chi connectivity index (χ2v) is 7.46. The quantitative estimate of drug-likeness (QED) is 0.798. The first-order chi connectivity index (χ1) is 11.5. The molecule has 1 atom stereocenters. The first-order valence-electron chi connectivity index (χ1n) is 9.05. The van der Waals surface area contributed by atoms with Crippen LogP contribution in [0, 0.1) is 10.8 Å². The number of piperidine rings is 1. The van der Waals surface area contributed by atoms with Gasteiger partial charge in [-0.3, -0.25) is 9.48 Å². The van der Waals surface area contributed by atoms with Gasteiger partial charge in [-0.05, 0) is 44.7 Å². The molecule has 1 aromatic heterocycles. The van der Waals surface area contributed by atoms with Crippen molar-refractivity contribution in [2.45, 2.75) is 46.2 Å². The van der Waals surface area contributed by atoms with Crippen LogP contribution in [0.1, 0.15) is 38.7 Å². The first kappa shape index (κ1) is 20.2. The highest BCUT2D eigenvalue weighted by Crippen LogP contribution is 2.69. The molecule has 2 heterocycles. The van der Waals surface area contributed by atoms with E-state index in [2.05, 4.69) is 24.3 Å². The highest BCUT2D eigenvalue weighted by atomic mass is 35.5. The Morgan fingerprint density at radius 2 is 2.16 bits per heavy atom. The monoisotopic (exact) mass is 370 g/mol. The molecule has 1 aliphatic heterocycles. The molecular formula is C18H31ClN4O2. The van der Waals surface area contributed by atoms with E-state index in [-0.39, 0.29) is 29.1 Å². The van der Waals surface area contributed by atoms with Gasteiger partial charge >= 0.3 is 0 Å². The fraction of sp³-hybridized carbons (Fsp3) is 0.778. The number of aromatic nitrogens is 2. The molecular weight excluding hydrogens is 340 g/mol. The number of carbonyl (C=O) groups excluding carboxylic acids is 1. The number of amides is 1. The van der Waals surface area contributed by atoms with Crippen molar-refractivity contribution in [1.29, 1.82) is 0 Å². The highest BCUT2D eigenvalue weighted by Gasteiger charge is 2.68. The number of nitrogens with zero attached hydrogens (tertiary/aromatic N) is 3. The number of hydrogen-bond acceptors (Lipinski definition) is 4. The van der Waals surface area contributed by atoms with Gasteiger partial charge in [0, 0.05) is 38.5 Å². The zero-order chi connectivity index (χ0) is 17.2. The summed E-state index contributed by atoms with van der Waals surface area (Å²) >= 11 is 0. The van der Waals surface area contributed by atoms with E-state index >= 15 is 0 Å². The SMILES string of the molecule is CCn1cc(CN(CCOC)C(=O)C2(C)CC23CCNCC3)cn1.Cl. The average molecular weight is 371 g/mol. The molecule has 6 nitrogen and oxygen atoms in total. The van der Waals surface area contributed by atoms with Crippen molar-refractivity contribution in [2.24, 2.45) is 10.8 Å². The van der Waals surface area contributed by atoms with Crippen molar-refractivity contribution >= 4 is 18.3 Å². The average Bonchev–Trinajstić information content (AvgIpc) is 2.97. The van der Waals surface area contributed by atoms with Crippen molar-refractivity contribution in [3.8, 4) is 0 Å². The Kier molecular flexibility index (Phi) is 6.51. The standard InChI is InChI=1S/C18H30N4O2.ClH/c1-4-22-13-15(11-20-22)12-21(9-10-24-3)16(23)17(2)14-18(17)5-7-19-8-6-18;/h11,13,19H,4-10,12,14H2,1-3H3;1H. The van der Waals surface area contributed by atoms with Gasteiger partial charge in [-0.2, -0.15) is 5.10 Å². The van der Waals surface area contributed by atoms with E-state index < -0.39 is 0 Å². The molecule has 0 aromatic carbocycles.